The van der Waals surface area contributed by atoms with Gasteiger partial charge in [0.05, 0.1) is 12.2 Å². The van der Waals surface area contributed by atoms with Gasteiger partial charge in [-0.25, -0.2) is 0 Å². The van der Waals surface area contributed by atoms with Crippen molar-refractivity contribution in [2.45, 2.75) is 52.9 Å². The maximum absolute atomic E-state index is 12.5. The van der Waals surface area contributed by atoms with E-state index in [1.165, 1.54) is 0 Å². The molecule has 22 heavy (non-hydrogen) atoms. The Kier molecular flexibility index (Phi) is 5.35. The third kappa shape index (κ3) is 3.93. The van der Waals surface area contributed by atoms with Gasteiger partial charge < -0.3 is 14.4 Å². The second-order valence-electron chi connectivity index (χ2n) is 6.13. The fourth-order valence-electron chi connectivity index (χ4n) is 2.84. The highest BCUT2D eigenvalue weighted by molar-refractivity contribution is 6.32. The fourth-order valence-corrected chi connectivity index (χ4v) is 2.95. The summed E-state index contributed by atoms with van der Waals surface area (Å²) >= 11 is 6.16. The lowest BCUT2D eigenvalue weighted by molar-refractivity contribution is -0.149. The predicted octanol–water partition coefficient (Wildman–Crippen LogP) is 3.36. The normalized spacial score (nSPS) is 23.3. The third-order valence-electron chi connectivity index (χ3n) is 3.80. The van der Waals surface area contributed by atoms with Crippen LogP contribution in [0.3, 0.4) is 0 Å². The lowest BCUT2D eigenvalue weighted by Gasteiger charge is -2.36. The van der Waals surface area contributed by atoms with Gasteiger partial charge in [0.15, 0.2) is 6.10 Å². The fraction of sp³-hybridized carbons (Fsp3) is 0.588. The number of amides is 1. The van der Waals surface area contributed by atoms with E-state index >= 15 is 0 Å². The summed E-state index contributed by atoms with van der Waals surface area (Å²) in [7, 11) is 0. The van der Waals surface area contributed by atoms with E-state index in [4.69, 9.17) is 21.1 Å². The molecule has 1 saturated heterocycles. The van der Waals surface area contributed by atoms with Crippen molar-refractivity contribution in [3.8, 4) is 5.75 Å². The van der Waals surface area contributed by atoms with Gasteiger partial charge in [-0.2, -0.15) is 0 Å². The molecule has 0 aromatic heterocycles. The molecule has 3 atom stereocenters. The first-order valence-corrected chi connectivity index (χ1v) is 8.03. The predicted molar refractivity (Wildman–Crippen MR) is 87.6 cm³/mol. The minimum absolute atomic E-state index is 0.00717. The molecule has 1 aliphatic rings. The molecule has 2 rings (SSSR count). The number of benzene rings is 1. The summed E-state index contributed by atoms with van der Waals surface area (Å²) in [6.45, 7) is 10.8. The van der Waals surface area contributed by atoms with Crippen molar-refractivity contribution < 1.29 is 14.3 Å². The highest BCUT2D eigenvalue weighted by Crippen LogP contribution is 2.26. The number of aryl methyl sites for hydroxylation is 2. The van der Waals surface area contributed by atoms with Crippen molar-refractivity contribution in [3.63, 3.8) is 0 Å². The molecule has 0 N–H and O–H groups in total. The number of nitrogens with zero attached hydrogens (tertiary/aromatic N) is 1. The van der Waals surface area contributed by atoms with Crippen LogP contribution in [-0.4, -0.2) is 42.2 Å². The summed E-state index contributed by atoms with van der Waals surface area (Å²) in [5.74, 6) is 0.668. The van der Waals surface area contributed by atoms with Crippen molar-refractivity contribution in [2.24, 2.45) is 0 Å². The van der Waals surface area contributed by atoms with Crippen LogP contribution < -0.4 is 4.74 Å². The van der Waals surface area contributed by atoms with Gasteiger partial charge in [0, 0.05) is 18.1 Å². The Morgan fingerprint density at radius 1 is 1.27 bits per heavy atom. The summed E-state index contributed by atoms with van der Waals surface area (Å²) in [4.78, 5) is 14.4. The van der Waals surface area contributed by atoms with E-state index in [1.807, 2.05) is 44.7 Å². The van der Waals surface area contributed by atoms with E-state index in [0.717, 1.165) is 16.1 Å². The average Bonchev–Trinajstić information content (AvgIpc) is 2.42. The monoisotopic (exact) mass is 325 g/mol. The summed E-state index contributed by atoms with van der Waals surface area (Å²) in [6, 6.07) is 3.73. The molecule has 0 spiro atoms. The molecule has 1 aromatic rings. The molecule has 0 bridgehead atoms. The lowest BCUT2D eigenvalue weighted by Crippen LogP contribution is -2.51. The summed E-state index contributed by atoms with van der Waals surface area (Å²) in [5, 5.41) is 0.738. The molecule has 0 aliphatic carbocycles. The molecular weight excluding hydrogens is 302 g/mol. The highest BCUT2D eigenvalue weighted by atomic mass is 35.5. The van der Waals surface area contributed by atoms with E-state index in [2.05, 4.69) is 0 Å². The van der Waals surface area contributed by atoms with Gasteiger partial charge in [0.1, 0.15) is 5.75 Å². The van der Waals surface area contributed by atoms with Gasteiger partial charge in [-0.15, -0.1) is 0 Å². The van der Waals surface area contributed by atoms with Gasteiger partial charge in [0.2, 0.25) is 0 Å². The van der Waals surface area contributed by atoms with Crippen LogP contribution >= 0.6 is 11.6 Å². The molecule has 0 radical (unpaired) electrons. The first-order chi connectivity index (χ1) is 10.3. The smallest absolute Gasteiger partial charge is 0.263 e. The topological polar surface area (TPSA) is 38.8 Å². The van der Waals surface area contributed by atoms with Crippen LogP contribution in [-0.2, 0) is 9.53 Å². The maximum atomic E-state index is 12.5. The first kappa shape index (κ1) is 17.1. The molecule has 1 aromatic carbocycles. The number of morpholine rings is 1. The number of carbonyl (C=O) groups is 1. The van der Waals surface area contributed by atoms with Crippen LogP contribution in [0.15, 0.2) is 12.1 Å². The van der Waals surface area contributed by atoms with Crippen LogP contribution in [0, 0.1) is 13.8 Å². The molecule has 1 fully saturated rings. The van der Waals surface area contributed by atoms with Gasteiger partial charge >= 0.3 is 0 Å². The van der Waals surface area contributed by atoms with Gasteiger partial charge in [-0.05, 0) is 57.9 Å². The molecule has 0 unspecified atom stereocenters. The number of hydrogen-bond donors (Lipinski definition) is 0. The standard InChI is InChI=1S/C17H24ClNO3/c1-10-6-15(7-11(2)16(10)18)22-14(5)17(20)19-8-12(3)21-13(4)9-19/h6-7,12-14H,8-9H2,1-5H3/t12-,13+,14-/m0/s1. The molecular formula is C17H24ClNO3. The molecule has 4 nitrogen and oxygen atoms in total. The van der Waals surface area contributed by atoms with E-state index in [-0.39, 0.29) is 18.1 Å². The summed E-state index contributed by atoms with van der Waals surface area (Å²) in [6.07, 6.45) is -0.419. The van der Waals surface area contributed by atoms with Gasteiger partial charge in [-0.3, -0.25) is 4.79 Å². The average molecular weight is 326 g/mol. The van der Waals surface area contributed by atoms with Crippen LogP contribution in [0.5, 0.6) is 5.75 Å². The largest absolute Gasteiger partial charge is 0.481 e. The Hall–Kier alpha value is -1.26. The van der Waals surface area contributed by atoms with Crippen LogP contribution in [0.25, 0.3) is 0 Å². The number of halogens is 1. The van der Waals surface area contributed by atoms with Crippen LogP contribution in [0.4, 0.5) is 0 Å². The number of ether oxygens (including phenoxy) is 2. The Morgan fingerprint density at radius 2 is 1.77 bits per heavy atom. The Bertz CT molecular complexity index is 528. The minimum atomic E-state index is -0.530. The number of carbonyl (C=O) groups excluding carboxylic acids is 1. The Balaban J connectivity index is 2.05. The highest BCUT2D eigenvalue weighted by Gasteiger charge is 2.29. The Morgan fingerprint density at radius 3 is 2.27 bits per heavy atom. The zero-order valence-corrected chi connectivity index (χ0v) is 14.6. The molecule has 122 valence electrons. The molecule has 1 aliphatic heterocycles. The van der Waals surface area contributed by atoms with E-state index in [1.54, 1.807) is 6.92 Å². The number of hydrogen-bond acceptors (Lipinski definition) is 3. The summed E-state index contributed by atoms with van der Waals surface area (Å²) in [5.41, 5.74) is 1.90. The van der Waals surface area contributed by atoms with Crippen molar-refractivity contribution in [2.75, 3.05) is 13.1 Å². The lowest BCUT2D eigenvalue weighted by atomic mass is 10.1. The third-order valence-corrected chi connectivity index (χ3v) is 4.40. The quantitative estimate of drug-likeness (QED) is 0.855. The Labute approximate surface area is 137 Å². The zero-order chi connectivity index (χ0) is 16.4. The second kappa shape index (κ2) is 6.88. The van der Waals surface area contributed by atoms with Gasteiger partial charge in [-0.1, -0.05) is 11.6 Å². The zero-order valence-electron chi connectivity index (χ0n) is 13.9. The molecule has 1 amide bonds. The van der Waals surface area contributed by atoms with Crippen molar-refractivity contribution in [1.29, 1.82) is 0 Å². The van der Waals surface area contributed by atoms with E-state index < -0.39 is 6.10 Å². The molecule has 1 heterocycles. The summed E-state index contributed by atoms with van der Waals surface area (Å²) < 4.78 is 11.5. The minimum Gasteiger partial charge on any atom is -0.481 e. The van der Waals surface area contributed by atoms with Crippen molar-refractivity contribution in [1.82, 2.24) is 4.90 Å². The van der Waals surface area contributed by atoms with Gasteiger partial charge in [0.25, 0.3) is 5.91 Å². The van der Waals surface area contributed by atoms with Crippen molar-refractivity contribution >= 4 is 17.5 Å². The first-order valence-electron chi connectivity index (χ1n) is 7.65. The SMILES string of the molecule is Cc1cc(O[C@@H](C)C(=O)N2C[C@@H](C)O[C@@H](C)C2)cc(C)c1Cl. The number of rotatable bonds is 3. The maximum Gasteiger partial charge on any atom is 0.263 e. The van der Waals surface area contributed by atoms with E-state index in [0.29, 0.717) is 18.8 Å². The van der Waals surface area contributed by atoms with Crippen LogP contribution in [0.2, 0.25) is 5.02 Å². The van der Waals surface area contributed by atoms with Crippen molar-refractivity contribution in [3.05, 3.63) is 28.3 Å². The molecule has 0 saturated carbocycles. The van der Waals surface area contributed by atoms with Crippen LogP contribution in [0.1, 0.15) is 31.9 Å². The van der Waals surface area contributed by atoms with E-state index in [9.17, 15) is 4.79 Å². The second-order valence-corrected chi connectivity index (χ2v) is 6.51. The molecule has 5 heteroatoms.